The van der Waals surface area contributed by atoms with Crippen LogP contribution in [0, 0.1) is 13.8 Å². The molecular weight excluding hydrogens is 322 g/mol. The van der Waals surface area contributed by atoms with Crippen molar-refractivity contribution in [3.63, 3.8) is 0 Å². The number of aliphatic hydroxyl groups excluding tert-OH is 1. The fourth-order valence-corrected chi connectivity index (χ4v) is 3.49. The first-order chi connectivity index (χ1) is 12.1. The van der Waals surface area contributed by atoms with Crippen LogP contribution in [0.1, 0.15) is 42.1 Å². The molecule has 1 aliphatic rings. The summed E-state index contributed by atoms with van der Waals surface area (Å²) in [5.74, 6) is 3.78. The predicted octanol–water partition coefficient (Wildman–Crippen LogP) is 1.24. The van der Waals surface area contributed by atoms with E-state index in [0.29, 0.717) is 28.8 Å². The zero-order valence-corrected chi connectivity index (χ0v) is 14.6. The summed E-state index contributed by atoms with van der Waals surface area (Å²) in [6.07, 6.45) is 2.05. The highest BCUT2D eigenvalue weighted by Crippen LogP contribution is 2.31. The molecule has 1 N–H and O–H groups in total. The van der Waals surface area contributed by atoms with Crippen LogP contribution in [0.15, 0.2) is 4.42 Å². The van der Waals surface area contributed by atoms with Crippen molar-refractivity contribution in [2.75, 3.05) is 18.0 Å². The number of anilines is 1. The highest BCUT2D eigenvalue weighted by Gasteiger charge is 2.28. The van der Waals surface area contributed by atoms with Crippen molar-refractivity contribution in [2.45, 2.75) is 39.2 Å². The number of rotatable bonds is 3. The quantitative estimate of drug-likeness (QED) is 0.757. The van der Waals surface area contributed by atoms with E-state index in [1.165, 1.54) is 0 Å². The summed E-state index contributed by atoms with van der Waals surface area (Å²) in [7, 11) is 1.90. The van der Waals surface area contributed by atoms with Gasteiger partial charge in [-0.15, -0.1) is 10.2 Å². The Hall–Kier alpha value is -2.55. The summed E-state index contributed by atoms with van der Waals surface area (Å²) in [6.45, 7) is 5.24. The average molecular weight is 343 g/mol. The molecule has 25 heavy (non-hydrogen) atoms. The number of aryl methyl sites for hydroxylation is 2. The molecule has 0 aromatic carbocycles. The van der Waals surface area contributed by atoms with E-state index >= 15 is 0 Å². The lowest BCUT2D eigenvalue weighted by atomic mass is 9.97. The van der Waals surface area contributed by atoms with Crippen LogP contribution in [-0.2, 0) is 13.7 Å². The number of piperidine rings is 1. The minimum Gasteiger partial charge on any atom is -0.422 e. The van der Waals surface area contributed by atoms with E-state index in [0.717, 1.165) is 37.6 Å². The molecule has 3 aromatic heterocycles. The van der Waals surface area contributed by atoms with Gasteiger partial charge in [-0.1, -0.05) is 0 Å². The third-order valence-electron chi connectivity index (χ3n) is 4.69. The van der Waals surface area contributed by atoms with Crippen molar-refractivity contribution in [1.29, 1.82) is 0 Å². The Morgan fingerprint density at radius 3 is 2.80 bits per heavy atom. The summed E-state index contributed by atoms with van der Waals surface area (Å²) in [5, 5.41) is 17.7. The van der Waals surface area contributed by atoms with E-state index < -0.39 is 0 Å². The second-order valence-corrected chi connectivity index (χ2v) is 6.46. The number of oxazole rings is 1. The maximum Gasteiger partial charge on any atom is 0.252 e. The number of hydrogen-bond donors (Lipinski definition) is 1. The largest absolute Gasteiger partial charge is 0.422 e. The first-order valence-electron chi connectivity index (χ1n) is 8.42. The van der Waals surface area contributed by atoms with Crippen molar-refractivity contribution in [2.24, 2.45) is 7.05 Å². The molecule has 0 amide bonds. The summed E-state index contributed by atoms with van der Waals surface area (Å²) in [4.78, 5) is 15.6. The lowest BCUT2D eigenvalue weighted by Gasteiger charge is -2.33. The third-order valence-corrected chi connectivity index (χ3v) is 4.69. The van der Waals surface area contributed by atoms with Gasteiger partial charge in [0.2, 0.25) is 0 Å². The summed E-state index contributed by atoms with van der Waals surface area (Å²) >= 11 is 0. The molecule has 0 radical (unpaired) electrons. The van der Waals surface area contributed by atoms with Gasteiger partial charge in [-0.3, -0.25) is 0 Å². The summed E-state index contributed by atoms with van der Waals surface area (Å²) in [6, 6.07) is 0. The smallest absolute Gasteiger partial charge is 0.252 e. The van der Waals surface area contributed by atoms with Crippen LogP contribution in [0.3, 0.4) is 0 Å². The fourth-order valence-electron chi connectivity index (χ4n) is 3.49. The molecule has 132 valence electrons. The average Bonchev–Trinajstić information content (AvgIpc) is 3.15. The van der Waals surface area contributed by atoms with Gasteiger partial charge in [0.1, 0.15) is 18.3 Å². The Morgan fingerprint density at radius 1 is 1.20 bits per heavy atom. The van der Waals surface area contributed by atoms with Crippen molar-refractivity contribution < 1.29 is 9.52 Å². The standard InChI is InChI=1S/C16H21N7O2/c1-9-17-15(13-16(18-9)25-10(2)19-13)23-6-4-5-11(7-23)14-21-20-12(8-24)22(14)3/h11,24H,4-8H2,1-3H3/t11-/m1/s1. The highest BCUT2D eigenvalue weighted by molar-refractivity contribution is 5.82. The SMILES string of the molecule is Cc1nc(N2CCC[C@@H](c3nnc(CO)n3C)C2)c2nc(C)oc2n1. The van der Waals surface area contributed by atoms with Crippen LogP contribution < -0.4 is 4.90 Å². The van der Waals surface area contributed by atoms with Gasteiger partial charge in [0.15, 0.2) is 23.0 Å². The van der Waals surface area contributed by atoms with Gasteiger partial charge >= 0.3 is 0 Å². The summed E-state index contributed by atoms with van der Waals surface area (Å²) < 4.78 is 7.47. The molecule has 1 saturated heterocycles. The van der Waals surface area contributed by atoms with Crippen LogP contribution >= 0.6 is 0 Å². The second kappa shape index (κ2) is 6.07. The Kier molecular flexibility index (Phi) is 3.87. The molecule has 0 unspecified atom stereocenters. The predicted molar refractivity (Wildman–Crippen MR) is 90.2 cm³/mol. The number of aliphatic hydroxyl groups is 1. The monoisotopic (exact) mass is 343 g/mol. The Bertz CT molecular complexity index is 917. The molecule has 0 saturated carbocycles. The minimum absolute atomic E-state index is 0.107. The lowest BCUT2D eigenvalue weighted by molar-refractivity contribution is 0.266. The molecule has 1 aliphatic heterocycles. The van der Waals surface area contributed by atoms with E-state index in [9.17, 15) is 5.11 Å². The molecule has 1 fully saturated rings. The van der Waals surface area contributed by atoms with E-state index in [2.05, 4.69) is 30.0 Å². The maximum atomic E-state index is 9.34. The molecule has 0 aliphatic carbocycles. The molecule has 0 spiro atoms. The van der Waals surface area contributed by atoms with E-state index in [1.54, 1.807) is 0 Å². The van der Waals surface area contributed by atoms with E-state index in [-0.39, 0.29) is 12.5 Å². The zero-order chi connectivity index (χ0) is 17.6. The number of nitrogens with zero attached hydrogens (tertiary/aromatic N) is 7. The normalized spacial score (nSPS) is 18.2. The van der Waals surface area contributed by atoms with Gasteiger partial charge in [0.05, 0.1) is 0 Å². The van der Waals surface area contributed by atoms with Gasteiger partial charge in [0, 0.05) is 33.0 Å². The molecule has 4 heterocycles. The lowest BCUT2D eigenvalue weighted by Crippen LogP contribution is -2.36. The van der Waals surface area contributed by atoms with Crippen molar-refractivity contribution in [3.05, 3.63) is 23.4 Å². The molecule has 3 aromatic rings. The van der Waals surface area contributed by atoms with Gasteiger partial charge in [-0.05, 0) is 19.8 Å². The van der Waals surface area contributed by atoms with Crippen molar-refractivity contribution in [1.82, 2.24) is 29.7 Å². The fraction of sp³-hybridized carbons (Fsp3) is 0.562. The van der Waals surface area contributed by atoms with Gasteiger partial charge in [0.25, 0.3) is 5.71 Å². The molecule has 0 bridgehead atoms. The van der Waals surface area contributed by atoms with Gasteiger partial charge < -0.3 is 19.0 Å². The highest BCUT2D eigenvalue weighted by atomic mass is 16.4. The molecule has 4 rings (SSSR count). The van der Waals surface area contributed by atoms with Crippen LogP contribution in [0.2, 0.25) is 0 Å². The zero-order valence-electron chi connectivity index (χ0n) is 14.6. The topological polar surface area (TPSA) is 106 Å². The van der Waals surface area contributed by atoms with Gasteiger partial charge in [-0.25, -0.2) is 9.97 Å². The van der Waals surface area contributed by atoms with E-state index in [4.69, 9.17) is 4.42 Å². The second-order valence-electron chi connectivity index (χ2n) is 6.46. The number of aromatic nitrogens is 6. The Balaban J connectivity index is 1.68. The van der Waals surface area contributed by atoms with Crippen LogP contribution in [0.4, 0.5) is 5.82 Å². The van der Waals surface area contributed by atoms with Crippen LogP contribution in [0.5, 0.6) is 0 Å². The third kappa shape index (κ3) is 2.74. The van der Waals surface area contributed by atoms with Gasteiger partial charge in [-0.2, -0.15) is 4.98 Å². The first-order valence-corrected chi connectivity index (χ1v) is 8.42. The molecule has 1 atom stereocenters. The maximum absolute atomic E-state index is 9.34. The molecule has 9 heteroatoms. The number of fused-ring (bicyclic) bond motifs is 1. The minimum atomic E-state index is -0.107. The van der Waals surface area contributed by atoms with Crippen molar-refractivity contribution in [3.8, 4) is 0 Å². The first kappa shape index (κ1) is 15.9. The Morgan fingerprint density at radius 2 is 2.04 bits per heavy atom. The molecular formula is C16H21N7O2. The van der Waals surface area contributed by atoms with Crippen molar-refractivity contribution >= 4 is 17.0 Å². The van der Waals surface area contributed by atoms with Crippen LogP contribution in [-0.4, -0.2) is 47.9 Å². The summed E-state index contributed by atoms with van der Waals surface area (Å²) in [5.41, 5.74) is 1.24. The Labute approximate surface area is 144 Å². The van der Waals surface area contributed by atoms with Crippen LogP contribution in [0.25, 0.3) is 11.2 Å². The number of hydrogen-bond acceptors (Lipinski definition) is 8. The molecule has 9 nitrogen and oxygen atoms in total. The van der Waals surface area contributed by atoms with E-state index in [1.807, 2.05) is 25.5 Å².